The van der Waals surface area contributed by atoms with Crippen LogP contribution in [0.2, 0.25) is 5.28 Å². The molecule has 0 aliphatic carbocycles. The minimum atomic E-state index is -4.51. The van der Waals surface area contributed by atoms with Gasteiger partial charge in [0.25, 0.3) is 0 Å². The average molecular weight is 399 g/mol. The number of halogens is 4. The molecule has 0 radical (unpaired) electrons. The Morgan fingerprint density at radius 1 is 1.30 bits per heavy atom. The molecular formula is C18H18ClF3N4O. The summed E-state index contributed by atoms with van der Waals surface area (Å²) >= 11 is 5.94. The fraction of sp³-hybridized carbons (Fsp3) is 0.333. The van der Waals surface area contributed by atoms with E-state index in [4.69, 9.17) is 17.3 Å². The van der Waals surface area contributed by atoms with Crippen LogP contribution in [-0.2, 0) is 23.8 Å². The summed E-state index contributed by atoms with van der Waals surface area (Å²) in [5, 5.41) is -0.0403. The van der Waals surface area contributed by atoms with Gasteiger partial charge in [0.1, 0.15) is 5.78 Å². The molecule has 0 atom stereocenters. The van der Waals surface area contributed by atoms with Crippen LogP contribution in [0.3, 0.4) is 0 Å². The first kappa shape index (κ1) is 20.8. The van der Waals surface area contributed by atoms with Crippen LogP contribution in [0.1, 0.15) is 42.7 Å². The Morgan fingerprint density at radius 3 is 2.59 bits per heavy atom. The summed E-state index contributed by atoms with van der Waals surface area (Å²) in [7, 11) is 0. The van der Waals surface area contributed by atoms with Crippen molar-refractivity contribution in [3.05, 3.63) is 45.9 Å². The van der Waals surface area contributed by atoms with Crippen LogP contribution in [-0.4, -0.2) is 22.0 Å². The van der Waals surface area contributed by atoms with Gasteiger partial charge in [-0.25, -0.2) is 9.98 Å². The quantitative estimate of drug-likeness (QED) is 0.439. The molecule has 2 rings (SSSR count). The predicted octanol–water partition coefficient (Wildman–Crippen LogP) is 4.57. The van der Waals surface area contributed by atoms with E-state index in [0.717, 1.165) is 12.1 Å². The predicted molar refractivity (Wildman–Crippen MR) is 98.5 cm³/mol. The van der Waals surface area contributed by atoms with Crippen molar-refractivity contribution in [2.24, 2.45) is 4.99 Å². The van der Waals surface area contributed by atoms with Gasteiger partial charge in [-0.05, 0) is 55.1 Å². The van der Waals surface area contributed by atoms with Gasteiger partial charge in [-0.3, -0.25) is 0 Å². The number of ketones is 1. The van der Waals surface area contributed by atoms with E-state index in [2.05, 4.69) is 15.0 Å². The lowest BCUT2D eigenvalue weighted by Gasteiger charge is -2.10. The second-order valence-corrected chi connectivity index (χ2v) is 6.28. The molecular weight excluding hydrogens is 381 g/mol. The van der Waals surface area contributed by atoms with E-state index < -0.39 is 11.7 Å². The summed E-state index contributed by atoms with van der Waals surface area (Å²) in [6.07, 6.45) is -2.04. The number of aromatic nitrogens is 2. The molecule has 0 amide bonds. The number of nitrogens with two attached hydrogens (primary N) is 1. The van der Waals surface area contributed by atoms with Gasteiger partial charge in [-0.1, -0.05) is 6.92 Å². The van der Waals surface area contributed by atoms with E-state index in [1.165, 1.54) is 19.2 Å². The van der Waals surface area contributed by atoms with Gasteiger partial charge in [-0.15, -0.1) is 0 Å². The maximum Gasteiger partial charge on any atom is 0.416 e. The van der Waals surface area contributed by atoms with Crippen molar-refractivity contribution < 1.29 is 18.0 Å². The smallest absolute Gasteiger partial charge is 0.399 e. The van der Waals surface area contributed by atoms with Crippen molar-refractivity contribution >= 4 is 35.1 Å². The summed E-state index contributed by atoms with van der Waals surface area (Å²) in [4.78, 5) is 23.6. The molecule has 1 aromatic carbocycles. The van der Waals surface area contributed by atoms with Gasteiger partial charge in [-0.2, -0.15) is 18.2 Å². The first-order chi connectivity index (χ1) is 12.6. The lowest BCUT2D eigenvalue weighted by Crippen LogP contribution is -2.06. The number of nitrogen functional groups attached to an aromatic ring is 1. The molecule has 1 heterocycles. The van der Waals surface area contributed by atoms with Crippen LogP contribution < -0.4 is 5.73 Å². The number of aliphatic imine (C=N–C) groups is 1. The average Bonchev–Trinajstić information content (AvgIpc) is 2.56. The van der Waals surface area contributed by atoms with E-state index in [-0.39, 0.29) is 28.1 Å². The van der Waals surface area contributed by atoms with Crippen LogP contribution >= 0.6 is 11.6 Å². The van der Waals surface area contributed by atoms with Gasteiger partial charge in [0.2, 0.25) is 5.28 Å². The third-order valence-corrected chi connectivity index (χ3v) is 3.92. The number of hydrogen-bond acceptors (Lipinski definition) is 5. The van der Waals surface area contributed by atoms with Crippen LogP contribution in [0.25, 0.3) is 0 Å². The molecule has 0 spiro atoms. The molecule has 0 aliphatic rings. The number of anilines is 1. The number of alkyl halides is 3. The SMILES string of the molecule is CCc1c(CCC(C)=O)nc(Cl)nc1N=Cc1cc(N)cc(C(F)(F)F)c1. The number of carbonyl (C=O) groups excluding carboxylic acids is 1. The molecule has 2 N–H and O–H groups in total. The number of nitrogens with zero attached hydrogens (tertiary/aromatic N) is 3. The normalized spacial score (nSPS) is 11.9. The highest BCUT2D eigenvalue weighted by Gasteiger charge is 2.30. The largest absolute Gasteiger partial charge is 0.416 e. The van der Waals surface area contributed by atoms with Crippen molar-refractivity contribution in [1.29, 1.82) is 0 Å². The molecule has 0 bridgehead atoms. The van der Waals surface area contributed by atoms with Gasteiger partial charge >= 0.3 is 6.18 Å². The first-order valence-electron chi connectivity index (χ1n) is 8.16. The minimum Gasteiger partial charge on any atom is -0.399 e. The zero-order valence-electron chi connectivity index (χ0n) is 14.8. The summed E-state index contributed by atoms with van der Waals surface area (Å²) in [5.74, 6) is 0.267. The zero-order chi connectivity index (χ0) is 20.2. The van der Waals surface area contributed by atoms with E-state index in [9.17, 15) is 18.0 Å². The first-order valence-corrected chi connectivity index (χ1v) is 8.54. The van der Waals surface area contributed by atoms with Gasteiger partial charge in [0.05, 0.1) is 11.3 Å². The molecule has 0 aliphatic heterocycles. The Morgan fingerprint density at radius 2 is 2.00 bits per heavy atom. The Bertz CT molecular complexity index is 882. The van der Waals surface area contributed by atoms with Crippen LogP contribution in [0.15, 0.2) is 23.2 Å². The highest BCUT2D eigenvalue weighted by atomic mass is 35.5. The Kier molecular flexibility index (Phi) is 6.54. The van der Waals surface area contributed by atoms with Crippen molar-refractivity contribution in [3.63, 3.8) is 0 Å². The lowest BCUT2D eigenvalue weighted by molar-refractivity contribution is -0.137. The number of benzene rings is 1. The minimum absolute atomic E-state index is 0.0104. The monoisotopic (exact) mass is 398 g/mol. The fourth-order valence-electron chi connectivity index (χ4n) is 2.51. The second-order valence-electron chi connectivity index (χ2n) is 5.94. The standard InChI is InChI=1S/C18H18ClF3N4O/c1-3-14-15(5-4-10(2)27)25-17(19)26-16(14)24-9-11-6-12(18(20,21)22)8-13(23)7-11/h6-9H,3-5,23H2,1-2H3. The third-order valence-electron chi connectivity index (χ3n) is 3.75. The number of carbonyl (C=O) groups is 1. The van der Waals surface area contributed by atoms with Crippen molar-refractivity contribution in [3.8, 4) is 0 Å². The number of rotatable bonds is 6. The van der Waals surface area contributed by atoms with E-state index >= 15 is 0 Å². The maximum absolute atomic E-state index is 12.9. The van der Waals surface area contributed by atoms with E-state index in [1.807, 2.05) is 6.92 Å². The highest BCUT2D eigenvalue weighted by Crippen LogP contribution is 2.31. The molecule has 9 heteroatoms. The molecule has 27 heavy (non-hydrogen) atoms. The number of aryl methyl sites for hydroxylation is 1. The number of hydrogen-bond donors (Lipinski definition) is 1. The van der Waals surface area contributed by atoms with Crippen LogP contribution in [0.5, 0.6) is 0 Å². The molecule has 2 aromatic rings. The van der Waals surface area contributed by atoms with Crippen LogP contribution in [0, 0.1) is 0 Å². The maximum atomic E-state index is 12.9. The molecule has 0 unspecified atom stereocenters. The molecule has 144 valence electrons. The van der Waals surface area contributed by atoms with E-state index in [0.29, 0.717) is 30.5 Å². The topological polar surface area (TPSA) is 81.2 Å². The van der Waals surface area contributed by atoms with Gasteiger partial charge in [0.15, 0.2) is 5.82 Å². The van der Waals surface area contributed by atoms with Crippen molar-refractivity contribution in [2.75, 3.05) is 5.73 Å². The molecule has 0 fully saturated rings. The Balaban J connectivity index is 2.42. The second kappa shape index (κ2) is 8.47. The van der Waals surface area contributed by atoms with Gasteiger partial charge in [0, 0.05) is 23.9 Å². The molecule has 1 aromatic heterocycles. The Labute approximate surface area is 159 Å². The van der Waals surface area contributed by atoms with E-state index in [1.54, 1.807) is 0 Å². The van der Waals surface area contributed by atoms with Crippen LogP contribution in [0.4, 0.5) is 24.7 Å². The summed E-state index contributed by atoms with van der Waals surface area (Å²) in [5.41, 5.74) is 6.15. The summed E-state index contributed by atoms with van der Waals surface area (Å²) in [6.45, 7) is 3.34. The Hall–Kier alpha value is -2.48. The highest BCUT2D eigenvalue weighted by molar-refractivity contribution is 6.28. The van der Waals surface area contributed by atoms with Gasteiger partial charge < -0.3 is 10.5 Å². The number of Topliss-reactive ketones (excluding diaryl/α,β-unsaturated/α-hetero) is 1. The fourth-order valence-corrected chi connectivity index (χ4v) is 2.69. The molecule has 0 saturated carbocycles. The molecule has 0 saturated heterocycles. The zero-order valence-corrected chi connectivity index (χ0v) is 15.5. The lowest BCUT2D eigenvalue weighted by atomic mass is 10.1. The van der Waals surface area contributed by atoms with Crippen molar-refractivity contribution in [2.45, 2.75) is 39.3 Å². The van der Waals surface area contributed by atoms with Crippen molar-refractivity contribution in [1.82, 2.24) is 9.97 Å². The third kappa shape index (κ3) is 5.75. The summed E-state index contributed by atoms with van der Waals surface area (Å²) in [6, 6.07) is 3.19. The summed E-state index contributed by atoms with van der Waals surface area (Å²) < 4.78 is 38.8. The molecule has 5 nitrogen and oxygen atoms in total.